The van der Waals surface area contributed by atoms with E-state index >= 15 is 0 Å². The Morgan fingerprint density at radius 2 is 1.67 bits per heavy atom. The minimum absolute atomic E-state index is 0.0828. The molecule has 2 aliphatic heterocycles. The third kappa shape index (κ3) is 8.02. The molecule has 2 heterocycles. The van der Waals surface area contributed by atoms with Crippen LogP contribution in [0.2, 0.25) is 0 Å². The second kappa shape index (κ2) is 15.2. The molecule has 2 aromatic rings. The molecule has 8 N–H and O–H groups in total. The lowest BCUT2D eigenvalue weighted by Crippen LogP contribution is -2.65. The smallest absolute Gasteiger partial charge is 0.331 e. The lowest BCUT2D eigenvalue weighted by Gasteiger charge is -2.46. The lowest BCUT2D eigenvalue weighted by atomic mass is 9.97. The number of esters is 1. The molecule has 2 aliphatic rings. The first-order chi connectivity index (χ1) is 21.4. The normalized spacial score (nSPS) is 32.0. The molecule has 4 rings (SSSR count). The van der Waals surface area contributed by atoms with Gasteiger partial charge >= 0.3 is 5.97 Å². The number of ether oxygens (including phenoxy) is 6. The van der Waals surface area contributed by atoms with Crippen molar-refractivity contribution in [2.75, 3.05) is 20.3 Å². The van der Waals surface area contributed by atoms with Crippen molar-refractivity contribution in [1.82, 2.24) is 0 Å². The summed E-state index contributed by atoms with van der Waals surface area (Å²) in [5.41, 5.74) is 0.816. The fourth-order valence-electron chi connectivity index (χ4n) is 4.96. The fraction of sp³-hybridized carbons (Fsp3) is 0.500. The van der Waals surface area contributed by atoms with E-state index in [9.17, 15) is 45.6 Å². The van der Waals surface area contributed by atoms with Crippen molar-refractivity contribution in [2.24, 2.45) is 0 Å². The van der Waals surface area contributed by atoms with E-state index in [1.807, 2.05) is 0 Å². The number of hydrogen-bond acceptors (Lipinski definition) is 15. The molecule has 0 spiro atoms. The van der Waals surface area contributed by atoms with Gasteiger partial charge in [0.15, 0.2) is 41.7 Å². The lowest BCUT2D eigenvalue weighted by molar-refractivity contribution is -0.357. The van der Waals surface area contributed by atoms with Crippen LogP contribution >= 0.6 is 0 Å². The van der Waals surface area contributed by atoms with Crippen molar-refractivity contribution in [3.8, 4) is 23.0 Å². The third-order valence-electron chi connectivity index (χ3n) is 7.51. The van der Waals surface area contributed by atoms with Gasteiger partial charge in [-0.15, -0.1) is 0 Å². The van der Waals surface area contributed by atoms with Gasteiger partial charge < -0.3 is 69.3 Å². The van der Waals surface area contributed by atoms with Gasteiger partial charge in [0.1, 0.15) is 36.6 Å². The highest BCUT2D eigenvalue weighted by Crippen LogP contribution is 2.33. The van der Waals surface area contributed by atoms with Crippen molar-refractivity contribution in [1.29, 1.82) is 0 Å². The molecule has 0 unspecified atom stereocenters. The van der Waals surface area contributed by atoms with E-state index in [1.54, 1.807) is 6.07 Å². The standard InChI is InChI=1S/C30H38O15/c1-14-22(35)24(37)25(38)30(42-14)45-28-26(39)29(41-11-10-16-4-3-5-18(33)23(16)36)43-20(13-31)27(28)44-21(34)9-7-15-6-8-17(32)19(12-15)40-2/h3-9,12,14,20,22,24-33,35-39H,10-11,13H2,1-2H3/t14-,20+,22-,24+,25+,26+,27+,28+,29+,30-/m0/s1. The number of rotatable bonds is 11. The number of benzene rings is 2. The summed E-state index contributed by atoms with van der Waals surface area (Å²) in [7, 11) is 1.36. The number of methoxy groups -OCH3 is 1. The van der Waals surface area contributed by atoms with Crippen molar-refractivity contribution >= 4 is 12.0 Å². The molecule has 0 radical (unpaired) electrons. The largest absolute Gasteiger partial charge is 0.504 e. The highest BCUT2D eigenvalue weighted by Gasteiger charge is 2.52. The molecule has 45 heavy (non-hydrogen) atoms. The van der Waals surface area contributed by atoms with Gasteiger partial charge in [-0.25, -0.2) is 4.79 Å². The van der Waals surface area contributed by atoms with Crippen LogP contribution in [0.15, 0.2) is 42.5 Å². The zero-order valence-electron chi connectivity index (χ0n) is 24.4. The fourth-order valence-corrected chi connectivity index (χ4v) is 4.96. The molecule has 15 heteroatoms. The number of phenols is 3. The van der Waals surface area contributed by atoms with E-state index in [2.05, 4.69) is 0 Å². The summed E-state index contributed by atoms with van der Waals surface area (Å²) in [6.07, 6.45) is -12.6. The van der Waals surface area contributed by atoms with Gasteiger partial charge in [-0.05, 0) is 43.2 Å². The second-order valence-corrected chi connectivity index (χ2v) is 10.6. The van der Waals surface area contributed by atoms with Gasteiger partial charge in [-0.2, -0.15) is 0 Å². The summed E-state index contributed by atoms with van der Waals surface area (Å²) < 4.78 is 33.4. The van der Waals surface area contributed by atoms with Crippen molar-refractivity contribution in [3.63, 3.8) is 0 Å². The number of aliphatic hydroxyl groups excluding tert-OH is 5. The molecule has 0 saturated carbocycles. The number of aromatic hydroxyl groups is 3. The second-order valence-electron chi connectivity index (χ2n) is 10.6. The van der Waals surface area contributed by atoms with Crippen LogP contribution in [-0.2, 0) is 34.9 Å². The van der Waals surface area contributed by atoms with Crippen molar-refractivity contribution < 1.29 is 74.1 Å². The maximum absolute atomic E-state index is 12.9. The minimum Gasteiger partial charge on any atom is -0.504 e. The zero-order chi connectivity index (χ0) is 32.8. The Labute approximate surface area is 258 Å². The quantitative estimate of drug-likeness (QED) is 0.0862. The first-order valence-electron chi connectivity index (χ1n) is 14.1. The van der Waals surface area contributed by atoms with Gasteiger partial charge in [-0.1, -0.05) is 18.2 Å². The van der Waals surface area contributed by atoms with Gasteiger partial charge in [-0.3, -0.25) is 0 Å². The van der Waals surface area contributed by atoms with Crippen molar-refractivity contribution in [2.45, 2.75) is 74.8 Å². The van der Waals surface area contributed by atoms with Gasteiger partial charge in [0.05, 0.1) is 26.4 Å². The maximum Gasteiger partial charge on any atom is 0.331 e. The minimum atomic E-state index is -1.77. The molecule has 2 aromatic carbocycles. The van der Waals surface area contributed by atoms with Gasteiger partial charge in [0.2, 0.25) is 0 Å². The Bertz CT molecular complexity index is 1320. The van der Waals surface area contributed by atoms with Crippen LogP contribution in [0.3, 0.4) is 0 Å². The molecular weight excluding hydrogens is 600 g/mol. The number of para-hydroxylation sites is 1. The van der Waals surface area contributed by atoms with Gasteiger partial charge in [0.25, 0.3) is 0 Å². The van der Waals surface area contributed by atoms with Gasteiger partial charge in [0, 0.05) is 11.6 Å². The molecule has 2 fully saturated rings. The van der Waals surface area contributed by atoms with E-state index in [0.717, 1.165) is 6.08 Å². The molecule has 0 aliphatic carbocycles. The molecule has 2 saturated heterocycles. The van der Waals surface area contributed by atoms with Crippen LogP contribution < -0.4 is 4.74 Å². The van der Waals surface area contributed by atoms with Crippen LogP contribution in [0.4, 0.5) is 0 Å². The predicted molar refractivity (Wildman–Crippen MR) is 152 cm³/mol. The van der Waals surface area contributed by atoms with E-state index in [0.29, 0.717) is 11.1 Å². The van der Waals surface area contributed by atoms with Crippen molar-refractivity contribution in [3.05, 3.63) is 53.6 Å². The molecular formula is C30H38O15. The number of carbonyl (C=O) groups excluding carboxylic acids is 1. The highest BCUT2D eigenvalue weighted by atomic mass is 16.7. The zero-order valence-corrected chi connectivity index (χ0v) is 24.4. The number of hydrogen-bond donors (Lipinski definition) is 8. The molecule has 10 atom stereocenters. The SMILES string of the molecule is COc1cc(C=CC(=O)O[C@H]2[C@H](O[C@@H]3O[C@@H](C)[C@H](O)[C@@H](O)[C@H]3O)[C@@H](O)[C@H](OCCc3cccc(O)c3O)O[C@@H]2CO)ccc1O. The number of carbonyl (C=O) groups is 1. The van der Waals surface area contributed by atoms with Crippen LogP contribution in [0, 0.1) is 0 Å². The Morgan fingerprint density at radius 3 is 2.38 bits per heavy atom. The summed E-state index contributed by atoms with van der Waals surface area (Å²) in [6.45, 7) is 0.552. The highest BCUT2D eigenvalue weighted by molar-refractivity contribution is 5.87. The summed E-state index contributed by atoms with van der Waals surface area (Å²) in [5.74, 6) is -1.55. The van der Waals surface area contributed by atoms with E-state index in [1.165, 1.54) is 50.4 Å². The Kier molecular flexibility index (Phi) is 11.6. The van der Waals surface area contributed by atoms with E-state index < -0.39 is 74.0 Å². The topological polar surface area (TPSA) is 234 Å². The monoisotopic (exact) mass is 638 g/mol. The Morgan fingerprint density at radius 1 is 0.911 bits per heavy atom. The number of aliphatic hydroxyl groups is 5. The summed E-state index contributed by atoms with van der Waals surface area (Å²) in [5, 5.41) is 81.9. The summed E-state index contributed by atoms with van der Waals surface area (Å²) >= 11 is 0. The summed E-state index contributed by atoms with van der Waals surface area (Å²) in [6, 6.07) is 8.73. The third-order valence-corrected chi connectivity index (χ3v) is 7.51. The molecule has 0 bridgehead atoms. The summed E-state index contributed by atoms with van der Waals surface area (Å²) in [4.78, 5) is 12.9. The van der Waals surface area contributed by atoms with Crippen LogP contribution in [0.5, 0.6) is 23.0 Å². The van der Waals surface area contributed by atoms with E-state index in [4.69, 9.17) is 28.4 Å². The molecule has 15 nitrogen and oxygen atoms in total. The maximum atomic E-state index is 12.9. The van der Waals surface area contributed by atoms with Crippen LogP contribution in [0.25, 0.3) is 6.08 Å². The first kappa shape index (κ1) is 34.4. The average molecular weight is 639 g/mol. The van der Waals surface area contributed by atoms with Crippen LogP contribution in [0.1, 0.15) is 18.1 Å². The molecule has 0 aromatic heterocycles. The first-order valence-corrected chi connectivity index (χ1v) is 14.1. The number of phenolic OH excluding ortho intramolecular Hbond substituents is 3. The Balaban J connectivity index is 1.53. The predicted octanol–water partition coefficient (Wildman–Crippen LogP) is -0.713. The molecule has 248 valence electrons. The van der Waals surface area contributed by atoms with E-state index in [-0.39, 0.29) is 36.0 Å². The van der Waals surface area contributed by atoms with Crippen LogP contribution in [-0.4, -0.2) is 129 Å². The Hall–Kier alpha value is -3.51. The average Bonchev–Trinajstić information content (AvgIpc) is 3.02. The molecule has 0 amide bonds.